The van der Waals surface area contributed by atoms with Crippen molar-refractivity contribution in [3.63, 3.8) is 0 Å². The standard InChI is InChI=1S/C15H19BrFN3O/c1-4-5-18-14(10-6-11(16)8-12(17)7-10)15-13(21-3)9-19-20(15)2/h6-9,14,18H,4-5H2,1-3H3. The number of nitrogens with zero attached hydrogens (tertiary/aromatic N) is 2. The van der Waals surface area contributed by atoms with Gasteiger partial charge in [-0.2, -0.15) is 5.10 Å². The largest absolute Gasteiger partial charge is 0.493 e. The highest BCUT2D eigenvalue weighted by Gasteiger charge is 2.22. The lowest BCUT2D eigenvalue weighted by Crippen LogP contribution is -2.26. The minimum absolute atomic E-state index is 0.181. The van der Waals surface area contributed by atoms with Crippen LogP contribution in [0.5, 0.6) is 5.75 Å². The summed E-state index contributed by atoms with van der Waals surface area (Å²) in [5, 5.41) is 7.66. The molecule has 0 fully saturated rings. The lowest BCUT2D eigenvalue weighted by molar-refractivity contribution is 0.400. The minimum Gasteiger partial charge on any atom is -0.493 e. The highest BCUT2D eigenvalue weighted by atomic mass is 79.9. The molecule has 1 atom stereocenters. The molecule has 0 radical (unpaired) electrons. The van der Waals surface area contributed by atoms with Crippen molar-refractivity contribution >= 4 is 15.9 Å². The molecular weight excluding hydrogens is 337 g/mol. The van der Waals surface area contributed by atoms with Crippen molar-refractivity contribution in [1.29, 1.82) is 0 Å². The van der Waals surface area contributed by atoms with Gasteiger partial charge in [-0.15, -0.1) is 0 Å². The molecular formula is C15H19BrFN3O. The average Bonchev–Trinajstić information content (AvgIpc) is 2.80. The maximum atomic E-state index is 13.7. The molecule has 4 nitrogen and oxygen atoms in total. The Morgan fingerprint density at radius 2 is 2.19 bits per heavy atom. The lowest BCUT2D eigenvalue weighted by atomic mass is 10.0. The Bertz CT molecular complexity index is 595. The fourth-order valence-corrected chi connectivity index (χ4v) is 2.80. The predicted octanol–water partition coefficient (Wildman–Crippen LogP) is 3.42. The number of ether oxygens (including phenoxy) is 1. The van der Waals surface area contributed by atoms with E-state index in [9.17, 15) is 4.39 Å². The molecule has 1 unspecified atom stereocenters. The van der Waals surface area contributed by atoms with Gasteiger partial charge in [0.05, 0.1) is 19.3 Å². The molecule has 0 bridgehead atoms. The van der Waals surface area contributed by atoms with Gasteiger partial charge in [0.25, 0.3) is 0 Å². The quantitative estimate of drug-likeness (QED) is 0.862. The molecule has 114 valence electrons. The third kappa shape index (κ3) is 3.63. The van der Waals surface area contributed by atoms with Crippen molar-refractivity contribution in [2.75, 3.05) is 13.7 Å². The number of methoxy groups -OCH3 is 1. The first-order chi connectivity index (χ1) is 10.1. The van der Waals surface area contributed by atoms with E-state index < -0.39 is 0 Å². The van der Waals surface area contributed by atoms with Crippen molar-refractivity contribution < 1.29 is 9.13 Å². The van der Waals surface area contributed by atoms with Gasteiger partial charge >= 0.3 is 0 Å². The Morgan fingerprint density at radius 3 is 2.81 bits per heavy atom. The summed E-state index contributed by atoms with van der Waals surface area (Å²) in [7, 11) is 3.46. The van der Waals surface area contributed by atoms with Gasteiger partial charge in [0.15, 0.2) is 5.75 Å². The average molecular weight is 356 g/mol. The summed E-state index contributed by atoms with van der Waals surface area (Å²) in [6, 6.07) is 4.70. The molecule has 0 aliphatic rings. The predicted molar refractivity (Wildman–Crippen MR) is 84.0 cm³/mol. The van der Waals surface area contributed by atoms with E-state index in [0.717, 1.165) is 24.2 Å². The topological polar surface area (TPSA) is 39.1 Å². The van der Waals surface area contributed by atoms with E-state index in [1.807, 2.05) is 13.1 Å². The number of aryl methyl sites for hydroxylation is 1. The molecule has 0 spiro atoms. The fraction of sp³-hybridized carbons (Fsp3) is 0.400. The second kappa shape index (κ2) is 7.04. The van der Waals surface area contributed by atoms with Gasteiger partial charge in [-0.25, -0.2) is 4.39 Å². The monoisotopic (exact) mass is 355 g/mol. The molecule has 1 aromatic heterocycles. The zero-order chi connectivity index (χ0) is 15.4. The van der Waals surface area contributed by atoms with Crippen LogP contribution in [-0.2, 0) is 7.05 Å². The number of nitrogens with one attached hydrogen (secondary N) is 1. The summed E-state index contributed by atoms with van der Waals surface area (Å²) in [4.78, 5) is 0. The second-order valence-corrected chi connectivity index (χ2v) is 5.73. The smallest absolute Gasteiger partial charge is 0.161 e. The number of benzene rings is 1. The number of halogens is 2. The summed E-state index contributed by atoms with van der Waals surface area (Å²) >= 11 is 3.35. The summed E-state index contributed by atoms with van der Waals surface area (Å²) in [6.07, 6.45) is 2.65. The molecule has 6 heteroatoms. The van der Waals surface area contributed by atoms with Crippen LogP contribution in [-0.4, -0.2) is 23.4 Å². The summed E-state index contributed by atoms with van der Waals surface area (Å²) in [5.41, 5.74) is 1.71. The zero-order valence-electron chi connectivity index (χ0n) is 12.4. The van der Waals surface area contributed by atoms with Crippen LogP contribution in [0.2, 0.25) is 0 Å². The molecule has 1 N–H and O–H groups in total. The van der Waals surface area contributed by atoms with Crippen LogP contribution in [0.15, 0.2) is 28.9 Å². The van der Waals surface area contributed by atoms with Crippen LogP contribution in [0.1, 0.15) is 30.6 Å². The van der Waals surface area contributed by atoms with Crippen molar-refractivity contribution in [3.05, 3.63) is 45.9 Å². The van der Waals surface area contributed by atoms with E-state index in [1.165, 1.54) is 12.1 Å². The lowest BCUT2D eigenvalue weighted by Gasteiger charge is -2.21. The van der Waals surface area contributed by atoms with Gasteiger partial charge in [0.1, 0.15) is 11.5 Å². The van der Waals surface area contributed by atoms with Crippen LogP contribution < -0.4 is 10.1 Å². The van der Waals surface area contributed by atoms with Crippen LogP contribution in [0.3, 0.4) is 0 Å². The summed E-state index contributed by atoms with van der Waals surface area (Å²) < 4.78 is 21.6. The molecule has 0 aliphatic heterocycles. The Morgan fingerprint density at radius 1 is 1.43 bits per heavy atom. The summed E-state index contributed by atoms with van der Waals surface area (Å²) in [6.45, 7) is 2.90. The van der Waals surface area contributed by atoms with Gasteiger partial charge in [-0.1, -0.05) is 22.9 Å². The second-order valence-electron chi connectivity index (χ2n) is 4.81. The van der Waals surface area contributed by atoms with Crippen LogP contribution >= 0.6 is 15.9 Å². The van der Waals surface area contributed by atoms with E-state index in [1.54, 1.807) is 18.0 Å². The van der Waals surface area contributed by atoms with Gasteiger partial charge < -0.3 is 10.1 Å². The minimum atomic E-state index is -0.274. The normalized spacial score (nSPS) is 12.4. The third-order valence-corrected chi connectivity index (χ3v) is 3.72. The Labute approximate surface area is 132 Å². The fourth-order valence-electron chi connectivity index (χ4n) is 2.32. The SMILES string of the molecule is CCCNC(c1cc(F)cc(Br)c1)c1c(OC)cnn1C. The first kappa shape index (κ1) is 16.0. The van der Waals surface area contributed by atoms with Crippen molar-refractivity contribution in [1.82, 2.24) is 15.1 Å². The van der Waals surface area contributed by atoms with Gasteiger partial charge in [-0.05, 0) is 36.7 Å². The maximum Gasteiger partial charge on any atom is 0.161 e. The molecule has 0 saturated carbocycles. The van der Waals surface area contributed by atoms with Crippen LogP contribution in [0, 0.1) is 5.82 Å². The van der Waals surface area contributed by atoms with Gasteiger partial charge in [0.2, 0.25) is 0 Å². The number of hydrogen-bond acceptors (Lipinski definition) is 3. The van der Waals surface area contributed by atoms with Crippen LogP contribution in [0.25, 0.3) is 0 Å². The van der Waals surface area contributed by atoms with E-state index in [-0.39, 0.29) is 11.9 Å². The molecule has 0 saturated heterocycles. The van der Waals surface area contributed by atoms with Gasteiger partial charge in [0, 0.05) is 11.5 Å². The molecule has 2 aromatic rings. The Kier molecular flexibility index (Phi) is 5.36. The van der Waals surface area contributed by atoms with Crippen LogP contribution in [0.4, 0.5) is 4.39 Å². The highest BCUT2D eigenvalue weighted by molar-refractivity contribution is 9.10. The number of rotatable bonds is 6. The highest BCUT2D eigenvalue weighted by Crippen LogP contribution is 2.31. The van der Waals surface area contributed by atoms with E-state index in [2.05, 4.69) is 33.3 Å². The molecule has 21 heavy (non-hydrogen) atoms. The molecule has 1 heterocycles. The molecule has 2 rings (SSSR count). The first-order valence-corrected chi connectivity index (χ1v) is 7.61. The molecule has 0 aliphatic carbocycles. The molecule has 0 amide bonds. The van der Waals surface area contributed by atoms with Crippen molar-refractivity contribution in [2.24, 2.45) is 7.05 Å². The number of aromatic nitrogens is 2. The first-order valence-electron chi connectivity index (χ1n) is 6.82. The number of hydrogen-bond donors (Lipinski definition) is 1. The molecule has 1 aromatic carbocycles. The zero-order valence-corrected chi connectivity index (χ0v) is 13.9. The van der Waals surface area contributed by atoms with E-state index >= 15 is 0 Å². The maximum absolute atomic E-state index is 13.7. The van der Waals surface area contributed by atoms with Crippen molar-refractivity contribution in [3.8, 4) is 5.75 Å². The Balaban J connectivity index is 2.49. The van der Waals surface area contributed by atoms with Gasteiger partial charge in [-0.3, -0.25) is 4.68 Å². The third-order valence-electron chi connectivity index (χ3n) is 3.26. The summed E-state index contributed by atoms with van der Waals surface area (Å²) in [5.74, 6) is 0.412. The Hall–Kier alpha value is -1.40. The van der Waals surface area contributed by atoms with E-state index in [0.29, 0.717) is 10.2 Å². The van der Waals surface area contributed by atoms with Crippen molar-refractivity contribution in [2.45, 2.75) is 19.4 Å². The van der Waals surface area contributed by atoms with E-state index in [4.69, 9.17) is 4.74 Å².